The number of hydrogen-bond donors (Lipinski definition) is 2. The minimum Gasteiger partial charge on any atom is -0.341 e. The maximum atomic E-state index is 12.9. The Hall–Kier alpha value is -2.99. The van der Waals surface area contributed by atoms with E-state index in [4.69, 9.17) is 4.98 Å². The lowest BCUT2D eigenvalue weighted by Crippen LogP contribution is -2.30. The number of H-pyrrole nitrogens is 1. The number of carbonyl (C=O) groups excluding carboxylic acids is 1. The van der Waals surface area contributed by atoms with Gasteiger partial charge >= 0.3 is 0 Å². The Morgan fingerprint density at radius 1 is 1.07 bits per heavy atom. The van der Waals surface area contributed by atoms with E-state index in [1.165, 1.54) is 11.3 Å². The minimum atomic E-state index is -0.255. The van der Waals surface area contributed by atoms with Crippen LogP contribution in [0.4, 0.5) is 0 Å². The first kappa shape index (κ1) is 17.4. The molecule has 136 valence electrons. The average molecular weight is 376 g/mol. The van der Waals surface area contributed by atoms with Crippen molar-refractivity contribution in [2.45, 2.75) is 26.3 Å². The molecule has 0 saturated carbocycles. The first-order valence-electron chi connectivity index (χ1n) is 8.83. The van der Waals surface area contributed by atoms with Gasteiger partial charge in [0.05, 0.1) is 27.8 Å². The predicted molar refractivity (Wildman–Crippen MR) is 108 cm³/mol. The molecule has 0 fully saturated rings. The number of nitrogens with one attached hydrogen (secondary N) is 2. The molecular formula is C21H20N4OS. The molecule has 6 heteroatoms. The highest BCUT2D eigenvalue weighted by atomic mass is 32.1. The van der Waals surface area contributed by atoms with Crippen LogP contribution in [-0.4, -0.2) is 20.9 Å². The summed E-state index contributed by atoms with van der Waals surface area (Å²) in [6.45, 7) is 3.78. The summed E-state index contributed by atoms with van der Waals surface area (Å²) in [6.07, 6.45) is 0.656. The predicted octanol–water partition coefficient (Wildman–Crippen LogP) is 4.35. The molecular weight excluding hydrogens is 356 g/mol. The van der Waals surface area contributed by atoms with E-state index < -0.39 is 0 Å². The van der Waals surface area contributed by atoms with E-state index in [9.17, 15) is 4.79 Å². The molecule has 4 rings (SSSR count). The molecule has 0 radical (unpaired) electrons. The van der Waals surface area contributed by atoms with Gasteiger partial charge in [0.1, 0.15) is 10.7 Å². The van der Waals surface area contributed by atoms with Crippen LogP contribution < -0.4 is 5.32 Å². The van der Waals surface area contributed by atoms with Gasteiger partial charge in [0.2, 0.25) is 0 Å². The summed E-state index contributed by atoms with van der Waals surface area (Å²) in [5.74, 6) is 0.645. The van der Waals surface area contributed by atoms with Crippen LogP contribution in [0.2, 0.25) is 0 Å². The zero-order chi connectivity index (χ0) is 18.8. The number of rotatable bonds is 5. The minimum absolute atomic E-state index is 0.112. The third-order valence-corrected chi connectivity index (χ3v) is 5.51. The molecule has 1 amide bonds. The number of aryl methyl sites for hydroxylation is 2. The van der Waals surface area contributed by atoms with Crippen LogP contribution in [-0.2, 0) is 6.42 Å². The van der Waals surface area contributed by atoms with Crippen molar-refractivity contribution in [3.8, 4) is 0 Å². The van der Waals surface area contributed by atoms with E-state index >= 15 is 0 Å². The Labute approximate surface area is 161 Å². The van der Waals surface area contributed by atoms with Crippen LogP contribution in [0, 0.1) is 13.8 Å². The van der Waals surface area contributed by atoms with Gasteiger partial charge in [-0.2, -0.15) is 0 Å². The number of aromatic nitrogens is 3. The van der Waals surface area contributed by atoms with Gasteiger partial charge < -0.3 is 10.3 Å². The SMILES string of the molecule is Cc1nc(C)c(C(=O)NC(Cc2ccccc2)c2nc3ccccc3[nH]2)s1. The second-order valence-corrected chi connectivity index (χ2v) is 7.71. The summed E-state index contributed by atoms with van der Waals surface area (Å²) in [4.78, 5) is 26.0. The fraction of sp³-hybridized carbons (Fsp3) is 0.190. The molecule has 27 heavy (non-hydrogen) atoms. The maximum Gasteiger partial charge on any atom is 0.263 e. The summed E-state index contributed by atoms with van der Waals surface area (Å²) in [7, 11) is 0. The number of benzene rings is 2. The quantitative estimate of drug-likeness (QED) is 0.544. The number of para-hydroxylation sites is 2. The smallest absolute Gasteiger partial charge is 0.263 e. The van der Waals surface area contributed by atoms with E-state index in [1.54, 1.807) is 0 Å². The van der Waals surface area contributed by atoms with Crippen LogP contribution in [0.25, 0.3) is 11.0 Å². The molecule has 0 aliphatic carbocycles. The number of nitrogens with zero attached hydrogens (tertiary/aromatic N) is 2. The van der Waals surface area contributed by atoms with Crippen molar-refractivity contribution < 1.29 is 4.79 Å². The lowest BCUT2D eigenvalue weighted by atomic mass is 10.1. The third-order valence-electron chi connectivity index (χ3n) is 4.44. The van der Waals surface area contributed by atoms with Gasteiger partial charge in [-0.25, -0.2) is 9.97 Å². The fourth-order valence-electron chi connectivity index (χ4n) is 3.17. The third kappa shape index (κ3) is 3.75. The van der Waals surface area contributed by atoms with Crippen molar-refractivity contribution in [2.24, 2.45) is 0 Å². The number of hydrogen-bond acceptors (Lipinski definition) is 4. The zero-order valence-corrected chi connectivity index (χ0v) is 16.0. The normalized spacial score (nSPS) is 12.2. The van der Waals surface area contributed by atoms with E-state index in [0.29, 0.717) is 11.3 Å². The fourth-order valence-corrected chi connectivity index (χ4v) is 3.99. The van der Waals surface area contributed by atoms with Crippen molar-refractivity contribution in [3.63, 3.8) is 0 Å². The van der Waals surface area contributed by atoms with Gasteiger partial charge in [0.25, 0.3) is 5.91 Å². The Kier molecular flexibility index (Phi) is 4.73. The summed E-state index contributed by atoms with van der Waals surface area (Å²) in [5.41, 5.74) is 3.76. The molecule has 2 aromatic carbocycles. The van der Waals surface area contributed by atoms with Crippen LogP contribution in [0.3, 0.4) is 0 Å². The molecule has 4 aromatic rings. The van der Waals surface area contributed by atoms with Gasteiger partial charge in [-0.3, -0.25) is 4.79 Å². The molecule has 0 spiro atoms. The van der Waals surface area contributed by atoms with Crippen LogP contribution in [0.1, 0.15) is 37.8 Å². The topological polar surface area (TPSA) is 70.7 Å². The van der Waals surface area contributed by atoms with Crippen molar-refractivity contribution >= 4 is 28.3 Å². The van der Waals surface area contributed by atoms with Gasteiger partial charge in [-0.15, -0.1) is 11.3 Å². The number of amides is 1. The Bertz CT molecular complexity index is 1050. The summed E-state index contributed by atoms with van der Waals surface area (Å²) < 4.78 is 0. The highest BCUT2D eigenvalue weighted by Gasteiger charge is 2.22. The summed E-state index contributed by atoms with van der Waals surface area (Å²) in [5, 5.41) is 4.04. The van der Waals surface area contributed by atoms with Crippen molar-refractivity contribution in [1.82, 2.24) is 20.3 Å². The van der Waals surface area contributed by atoms with E-state index in [2.05, 4.69) is 27.4 Å². The molecule has 2 heterocycles. The van der Waals surface area contributed by atoms with Crippen LogP contribution in [0.15, 0.2) is 54.6 Å². The molecule has 2 N–H and O–H groups in total. The van der Waals surface area contributed by atoms with Crippen molar-refractivity contribution in [2.75, 3.05) is 0 Å². The number of fused-ring (bicyclic) bond motifs is 1. The molecule has 2 aromatic heterocycles. The molecule has 0 aliphatic heterocycles. The van der Waals surface area contributed by atoms with E-state index in [1.807, 2.05) is 56.3 Å². The average Bonchev–Trinajstić information content (AvgIpc) is 3.24. The number of carbonyl (C=O) groups is 1. The second-order valence-electron chi connectivity index (χ2n) is 6.50. The molecule has 0 saturated heterocycles. The van der Waals surface area contributed by atoms with Gasteiger partial charge in [-0.1, -0.05) is 42.5 Å². The lowest BCUT2D eigenvalue weighted by Gasteiger charge is -2.16. The van der Waals surface area contributed by atoms with Gasteiger partial charge in [0, 0.05) is 0 Å². The molecule has 1 atom stereocenters. The highest BCUT2D eigenvalue weighted by Crippen LogP contribution is 2.22. The Morgan fingerprint density at radius 3 is 2.52 bits per heavy atom. The van der Waals surface area contributed by atoms with Crippen LogP contribution >= 0.6 is 11.3 Å². The Morgan fingerprint density at radius 2 is 1.81 bits per heavy atom. The van der Waals surface area contributed by atoms with Crippen molar-refractivity contribution in [1.29, 1.82) is 0 Å². The van der Waals surface area contributed by atoms with Gasteiger partial charge in [-0.05, 0) is 38.0 Å². The lowest BCUT2D eigenvalue weighted by molar-refractivity contribution is 0.0938. The molecule has 0 aliphatic rings. The highest BCUT2D eigenvalue weighted by molar-refractivity contribution is 7.13. The summed E-state index contributed by atoms with van der Waals surface area (Å²) >= 11 is 1.42. The van der Waals surface area contributed by atoms with Crippen LogP contribution in [0.5, 0.6) is 0 Å². The molecule has 5 nitrogen and oxygen atoms in total. The molecule has 0 bridgehead atoms. The second kappa shape index (κ2) is 7.32. The Balaban J connectivity index is 1.67. The number of thiazole rings is 1. The molecule has 1 unspecified atom stereocenters. The monoisotopic (exact) mass is 376 g/mol. The van der Waals surface area contributed by atoms with E-state index in [0.717, 1.165) is 33.1 Å². The zero-order valence-electron chi connectivity index (χ0n) is 15.2. The maximum absolute atomic E-state index is 12.9. The number of aromatic amines is 1. The number of imidazole rings is 1. The standard InChI is InChI=1S/C21H20N4OS/c1-13-19(27-14(2)22-13)21(26)25-18(12-15-8-4-3-5-9-15)20-23-16-10-6-7-11-17(16)24-20/h3-11,18H,12H2,1-2H3,(H,23,24)(H,25,26). The summed E-state index contributed by atoms with van der Waals surface area (Å²) in [6, 6.07) is 17.7. The largest absolute Gasteiger partial charge is 0.341 e. The van der Waals surface area contributed by atoms with Crippen molar-refractivity contribution in [3.05, 3.63) is 81.6 Å². The first-order chi connectivity index (χ1) is 13.1. The van der Waals surface area contributed by atoms with Gasteiger partial charge in [0.15, 0.2) is 0 Å². The first-order valence-corrected chi connectivity index (χ1v) is 9.65. The van der Waals surface area contributed by atoms with E-state index in [-0.39, 0.29) is 11.9 Å².